The second-order valence-corrected chi connectivity index (χ2v) is 5.84. The van der Waals surface area contributed by atoms with Gasteiger partial charge >= 0.3 is 6.03 Å². The molecule has 1 aromatic rings. The number of likely N-dealkylation sites (tertiary alicyclic amines) is 1. The van der Waals surface area contributed by atoms with Crippen molar-refractivity contribution in [2.75, 3.05) is 19.6 Å². The van der Waals surface area contributed by atoms with Crippen molar-refractivity contribution >= 4 is 29.4 Å². The van der Waals surface area contributed by atoms with E-state index in [1.165, 1.54) is 4.90 Å². The fraction of sp³-hybridized carbons (Fsp3) is 0.583. The topological polar surface area (TPSA) is 95.5 Å². The van der Waals surface area contributed by atoms with Crippen LogP contribution in [-0.4, -0.2) is 62.9 Å². The maximum atomic E-state index is 12.4. The van der Waals surface area contributed by atoms with Crippen molar-refractivity contribution in [2.45, 2.75) is 25.8 Å². The molecule has 0 saturated carbocycles. The van der Waals surface area contributed by atoms with E-state index < -0.39 is 0 Å². The average Bonchev–Trinajstić information content (AvgIpc) is 2.98. The molecule has 3 heterocycles. The molecule has 9 heteroatoms. The standard InChI is InChI=1S/C12H15N5O3S/c1-2-3-8-10(21-15-14-8)11(19)16-5-7(6-16)17-9(18)4-13-12(17)20/h7H,2-6H2,1H3,(H,13,20). The molecule has 2 aliphatic heterocycles. The number of rotatable bonds is 4. The summed E-state index contributed by atoms with van der Waals surface area (Å²) in [6.45, 7) is 2.82. The summed E-state index contributed by atoms with van der Waals surface area (Å²) in [5, 5.41) is 6.46. The molecule has 8 nitrogen and oxygen atoms in total. The van der Waals surface area contributed by atoms with E-state index in [0.717, 1.165) is 30.1 Å². The highest BCUT2D eigenvalue weighted by Gasteiger charge is 2.43. The zero-order valence-electron chi connectivity index (χ0n) is 11.5. The molecule has 0 atom stereocenters. The van der Waals surface area contributed by atoms with Crippen LogP contribution in [0.3, 0.4) is 0 Å². The third-order valence-electron chi connectivity index (χ3n) is 3.63. The van der Waals surface area contributed by atoms with Gasteiger partial charge in [-0.2, -0.15) is 0 Å². The molecule has 1 aromatic heterocycles. The zero-order valence-corrected chi connectivity index (χ0v) is 12.4. The minimum atomic E-state index is -0.372. The number of nitrogens with zero attached hydrogens (tertiary/aromatic N) is 4. The van der Waals surface area contributed by atoms with Gasteiger partial charge in [-0.05, 0) is 18.0 Å². The average molecular weight is 309 g/mol. The minimum Gasteiger partial charge on any atom is -0.334 e. The molecule has 0 radical (unpaired) electrons. The largest absolute Gasteiger partial charge is 0.334 e. The quantitative estimate of drug-likeness (QED) is 0.782. The first-order valence-corrected chi connectivity index (χ1v) is 7.59. The number of hydrogen-bond donors (Lipinski definition) is 1. The lowest BCUT2D eigenvalue weighted by atomic mass is 10.1. The van der Waals surface area contributed by atoms with Gasteiger partial charge < -0.3 is 10.2 Å². The molecule has 0 bridgehead atoms. The molecule has 3 rings (SSSR count). The monoisotopic (exact) mass is 309 g/mol. The van der Waals surface area contributed by atoms with Crippen molar-refractivity contribution in [3.63, 3.8) is 0 Å². The lowest BCUT2D eigenvalue weighted by Crippen LogP contribution is -2.62. The second kappa shape index (κ2) is 5.40. The van der Waals surface area contributed by atoms with Gasteiger partial charge in [0.05, 0.1) is 18.3 Å². The summed E-state index contributed by atoms with van der Waals surface area (Å²) in [5.74, 6) is -0.347. The Morgan fingerprint density at radius 3 is 2.81 bits per heavy atom. The number of carbonyl (C=O) groups is 3. The summed E-state index contributed by atoms with van der Waals surface area (Å²) >= 11 is 1.10. The smallest absolute Gasteiger partial charge is 0.324 e. The van der Waals surface area contributed by atoms with E-state index in [9.17, 15) is 14.4 Å². The Morgan fingerprint density at radius 2 is 2.19 bits per heavy atom. The minimum absolute atomic E-state index is 0.0443. The summed E-state index contributed by atoms with van der Waals surface area (Å²) in [7, 11) is 0. The molecule has 0 aromatic carbocycles. The lowest BCUT2D eigenvalue weighted by Gasteiger charge is -2.42. The van der Waals surface area contributed by atoms with Crippen LogP contribution in [0.25, 0.3) is 0 Å². The summed E-state index contributed by atoms with van der Waals surface area (Å²) in [5.41, 5.74) is 0.728. The van der Waals surface area contributed by atoms with Crippen molar-refractivity contribution < 1.29 is 14.4 Å². The molecule has 2 aliphatic rings. The molecular weight excluding hydrogens is 294 g/mol. The summed E-state index contributed by atoms with van der Waals surface area (Å²) in [6, 6.07) is -0.595. The van der Waals surface area contributed by atoms with E-state index in [0.29, 0.717) is 18.0 Å². The predicted octanol–water partition coefficient (Wildman–Crippen LogP) is -0.133. The highest BCUT2D eigenvalue weighted by atomic mass is 32.1. The predicted molar refractivity (Wildman–Crippen MR) is 73.8 cm³/mol. The van der Waals surface area contributed by atoms with Gasteiger partial charge in [0.2, 0.25) is 5.91 Å². The van der Waals surface area contributed by atoms with E-state index in [4.69, 9.17) is 0 Å². The summed E-state index contributed by atoms with van der Waals surface area (Å²) in [6.07, 6.45) is 1.62. The molecule has 1 N–H and O–H groups in total. The van der Waals surface area contributed by atoms with Gasteiger partial charge in [0, 0.05) is 13.1 Å². The van der Waals surface area contributed by atoms with E-state index >= 15 is 0 Å². The van der Waals surface area contributed by atoms with Gasteiger partial charge in [-0.15, -0.1) is 5.10 Å². The van der Waals surface area contributed by atoms with Gasteiger partial charge in [0.15, 0.2) is 0 Å². The van der Waals surface area contributed by atoms with E-state index in [1.54, 1.807) is 4.90 Å². The number of aryl methyl sites for hydroxylation is 1. The maximum absolute atomic E-state index is 12.4. The van der Waals surface area contributed by atoms with E-state index in [2.05, 4.69) is 14.9 Å². The molecular formula is C12H15N5O3S. The Balaban J connectivity index is 1.63. The number of carbonyl (C=O) groups excluding carboxylic acids is 3. The van der Waals surface area contributed by atoms with Crippen LogP contribution < -0.4 is 5.32 Å². The summed E-state index contributed by atoms with van der Waals surface area (Å²) in [4.78, 5) is 38.9. The van der Waals surface area contributed by atoms with Crippen LogP contribution in [0.2, 0.25) is 0 Å². The lowest BCUT2D eigenvalue weighted by molar-refractivity contribution is -0.128. The SMILES string of the molecule is CCCc1nnsc1C(=O)N1CC(N2C(=O)CNC2=O)C1. The van der Waals surface area contributed by atoms with Crippen LogP contribution in [0.4, 0.5) is 4.79 Å². The number of aromatic nitrogens is 2. The highest BCUT2D eigenvalue weighted by molar-refractivity contribution is 7.08. The van der Waals surface area contributed by atoms with Crippen LogP contribution in [0, 0.1) is 0 Å². The molecule has 4 amide bonds. The van der Waals surface area contributed by atoms with Gasteiger partial charge in [0.25, 0.3) is 5.91 Å². The van der Waals surface area contributed by atoms with Crippen LogP contribution >= 0.6 is 11.5 Å². The normalized spacial score (nSPS) is 18.9. The Bertz CT molecular complexity index is 579. The number of nitrogens with one attached hydrogen (secondary N) is 1. The third-order valence-corrected chi connectivity index (χ3v) is 4.39. The fourth-order valence-electron chi connectivity index (χ4n) is 2.50. The van der Waals surface area contributed by atoms with E-state index in [-0.39, 0.29) is 30.4 Å². The Hall–Kier alpha value is -2.03. The van der Waals surface area contributed by atoms with Crippen LogP contribution in [-0.2, 0) is 11.2 Å². The first-order chi connectivity index (χ1) is 10.1. The number of hydrogen-bond acceptors (Lipinski definition) is 6. The summed E-state index contributed by atoms with van der Waals surface area (Å²) < 4.78 is 3.84. The van der Waals surface area contributed by atoms with Crippen molar-refractivity contribution in [1.29, 1.82) is 0 Å². The molecule has 0 unspecified atom stereocenters. The first kappa shape index (κ1) is 13.9. The zero-order chi connectivity index (χ0) is 15.0. The second-order valence-electron chi connectivity index (χ2n) is 5.09. The number of imide groups is 1. The molecule has 0 spiro atoms. The van der Waals surface area contributed by atoms with Crippen molar-refractivity contribution in [3.05, 3.63) is 10.6 Å². The van der Waals surface area contributed by atoms with Crippen molar-refractivity contribution in [1.82, 2.24) is 24.7 Å². The first-order valence-electron chi connectivity index (χ1n) is 6.82. The van der Waals surface area contributed by atoms with Crippen molar-refractivity contribution in [3.8, 4) is 0 Å². The number of amides is 4. The van der Waals surface area contributed by atoms with Gasteiger partial charge in [-0.25, -0.2) is 4.79 Å². The van der Waals surface area contributed by atoms with Crippen molar-refractivity contribution in [2.24, 2.45) is 0 Å². The van der Waals surface area contributed by atoms with Crippen LogP contribution in [0.5, 0.6) is 0 Å². The fourth-order valence-corrected chi connectivity index (χ4v) is 3.18. The molecule has 112 valence electrons. The third kappa shape index (κ3) is 2.37. The molecule has 0 aliphatic carbocycles. The maximum Gasteiger partial charge on any atom is 0.324 e. The Kier molecular flexibility index (Phi) is 3.58. The van der Waals surface area contributed by atoms with E-state index in [1.807, 2.05) is 6.92 Å². The molecule has 21 heavy (non-hydrogen) atoms. The van der Waals surface area contributed by atoms with Crippen LogP contribution in [0.1, 0.15) is 28.7 Å². The van der Waals surface area contributed by atoms with Gasteiger partial charge in [0.1, 0.15) is 4.88 Å². The van der Waals surface area contributed by atoms with Crippen LogP contribution in [0.15, 0.2) is 0 Å². The molecule has 2 fully saturated rings. The number of urea groups is 1. The Morgan fingerprint density at radius 1 is 1.43 bits per heavy atom. The molecule has 2 saturated heterocycles. The highest BCUT2D eigenvalue weighted by Crippen LogP contribution is 2.23. The van der Waals surface area contributed by atoms with Gasteiger partial charge in [-0.3, -0.25) is 14.5 Å². The Labute approximate surface area is 125 Å². The van der Waals surface area contributed by atoms with Gasteiger partial charge in [-0.1, -0.05) is 17.8 Å².